The molecule has 1 aliphatic heterocycles. The Morgan fingerprint density at radius 1 is 0.900 bits per heavy atom. The first-order chi connectivity index (χ1) is 23.8. The number of esters is 1. The molecule has 2 aromatic rings. The highest BCUT2D eigenvalue weighted by atomic mass is 16.6. The number of ether oxygens (including phenoxy) is 3. The standard InChI is InChI=1S/C38H54N4O8/c1-28(2)42(37(47)49-27-30-17-10-7-11-18-30)24-13-12-20-32(40-36(46)50-38(3,4)5)35(45)41-23-14-19-31(25-41)34(44)39-22-21-33(43)48-26-29-15-8-6-9-16-29/h6-11,15-18,28,31-32H,12-14,19-27H2,1-5H3,(H,39,44)(H,40,46)/t31?,32-/m0/s1. The van der Waals surface area contributed by atoms with Crippen molar-refractivity contribution in [3.8, 4) is 0 Å². The Labute approximate surface area is 296 Å². The number of unbranched alkanes of at least 4 members (excludes halogenated alkanes) is 1. The minimum atomic E-state index is -0.872. The Morgan fingerprint density at radius 2 is 1.52 bits per heavy atom. The second-order valence-electron chi connectivity index (χ2n) is 13.8. The second kappa shape index (κ2) is 20.2. The number of alkyl carbamates (subject to hydrolysis) is 1. The molecule has 0 spiro atoms. The average Bonchev–Trinajstić information content (AvgIpc) is 3.08. The Balaban J connectivity index is 1.51. The number of amides is 4. The number of likely N-dealkylation sites (tertiary alicyclic amines) is 1. The van der Waals surface area contributed by atoms with Gasteiger partial charge in [0.15, 0.2) is 0 Å². The van der Waals surface area contributed by atoms with Gasteiger partial charge in [-0.05, 0) is 77.8 Å². The molecule has 1 fully saturated rings. The van der Waals surface area contributed by atoms with E-state index < -0.39 is 35.7 Å². The van der Waals surface area contributed by atoms with Crippen LogP contribution in [0.15, 0.2) is 60.7 Å². The fourth-order valence-electron chi connectivity index (χ4n) is 5.55. The van der Waals surface area contributed by atoms with Gasteiger partial charge in [0.05, 0.1) is 12.3 Å². The van der Waals surface area contributed by atoms with E-state index in [4.69, 9.17) is 14.2 Å². The smallest absolute Gasteiger partial charge is 0.410 e. The van der Waals surface area contributed by atoms with Gasteiger partial charge in [0.25, 0.3) is 0 Å². The number of benzene rings is 2. The third kappa shape index (κ3) is 14.5. The number of carbonyl (C=O) groups is 5. The van der Waals surface area contributed by atoms with Crippen molar-refractivity contribution in [1.82, 2.24) is 20.4 Å². The van der Waals surface area contributed by atoms with Gasteiger partial charge in [-0.25, -0.2) is 9.59 Å². The molecule has 0 aliphatic carbocycles. The van der Waals surface area contributed by atoms with E-state index in [2.05, 4.69) is 10.6 Å². The van der Waals surface area contributed by atoms with Crippen molar-refractivity contribution in [1.29, 1.82) is 0 Å². The highest BCUT2D eigenvalue weighted by molar-refractivity contribution is 5.87. The van der Waals surface area contributed by atoms with Gasteiger partial charge in [-0.1, -0.05) is 60.7 Å². The van der Waals surface area contributed by atoms with E-state index in [1.54, 1.807) is 30.6 Å². The highest BCUT2D eigenvalue weighted by Crippen LogP contribution is 2.20. The van der Waals surface area contributed by atoms with Crippen LogP contribution in [-0.2, 0) is 41.8 Å². The summed E-state index contributed by atoms with van der Waals surface area (Å²) in [5.74, 6) is -1.38. The zero-order valence-corrected chi connectivity index (χ0v) is 30.2. The monoisotopic (exact) mass is 694 g/mol. The molecule has 0 radical (unpaired) electrons. The van der Waals surface area contributed by atoms with Crippen molar-refractivity contribution in [2.75, 3.05) is 26.2 Å². The molecule has 12 nitrogen and oxygen atoms in total. The average molecular weight is 695 g/mol. The molecule has 0 bridgehead atoms. The van der Waals surface area contributed by atoms with Gasteiger partial charge < -0.3 is 34.6 Å². The molecule has 1 aliphatic rings. The van der Waals surface area contributed by atoms with Crippen molar-refractivity contribution in [2.24, 2.45) is 5.92 Å². The largest absolute Gasteiger partial charge is 0.461 e. The van der Waals surface area contributed by atoms with E-state index in [0.29, 0.717) is 45.2 Å². The first-order valence-corrected chi connectivity index (χ1v) is 17.5. The lowest BCUT2D eigenvalue weighted by Gasteiger charge is -2.35. The van der Waals surface area contributed by atoms with E-state index in [1.165, 1.54) is 0 Å². The predicted molar refractivity (Wildman–Crippen MR) is 189 cm³/mol. The van der Waals surface area contributed by atoms with Crippen molar-refractivity contribution >= 4 is 30.0 Å². The zero-order chi connectivity index (χ0) is 36.5. The van der Waals surface area contributed by atoms with Crippen LogP contribution in [0.1, 0.15) is 84.3 Å². The zero-order valence-electron chi connectivity index (χ0n) is 30.2. The molecule has 2 aromatic carbocycles. The molecule has 4 amide bonds. The van der Waals surface area contributed by atoms with Gasteiger partial charge in [0.1, 0.15) is 24.9 Å². The molecule has 2 atom stereocenters. The predicted octanol–water partition coefficient (Wildman–Crippen LogP) is 5.59. The number of nitrogens with one attached hydrogen (secondary N) is 2. The van der Waals surface area contributed by atoms with Crippen molar-refractivity contribution in [3.63, 3.8) is 0 Å². The van der Waals surface area contributed by atoms with E-state index in [-0.39, 0.29) is 50.6 Å². The van der Waals surface area contributed by atoms with Gasteiger partial charge in [-0.3, -0.25) is 14.4 Å². The van der Waals surface area contributed by atoms with Crippen LogP contribution >= 0.6 is 0 Å². The lowest BCUT2D eigenvalue weighted by Crippen LogP contribution is -2.53. The maximum atomic E-state index is 13.8. The number of carbonyl (C=O) groups excluding carboxylic acids is 5. The molecule has 1 saturated heterocycles. The second-order valence-corrected chi connectivity index (χ2v) is 13.8. The molecule has 274 valence electrons. The Kier molecular flexibility index (Phi) is 16.1. The fourth-order valence-corrected chi connectivity index (χ4v) is 5.55. The first kappa shape index (κ1) is 39.8. The Bertz CT molecular complexity index is 1380. The summed E-state index contributed by atoms with van der Waals surface area (Å²) in [5, 5.41) is 5.55. The molecule has 50 heavy (non-hydrogen) atoms. The van der Waals surface area contributed by atoms with Crippen molar-refractivity contribution in [2.45, 2.75) is 104 Å². The van der Waals surface area contributed by atoms with Gasteiger partial charge in [0, 0.05) is 32.2 Å². The van der Waals surface area contributed by atoms with Crippen LogP contribution in [0.2, 0.25) is 0 Å². The number of rotatable bonds is 16. The highest BCUT2D eigenvalue weighted by Gasteiger charge is 2.33. The SMILES string of the molecule is CC(C)N(CCCC[C@H](NC(=O)OC(C)(C)C)C(=O)N1CCCC(C(=O)NCCC(=O)OCc2ccccc2)C1)C(=O)OCc1ccccc1. The lowest BCUT2D eigenvalue weighted by atomic mass is 9.96. The van der Waals surface area contributed by atoms with Gasteiger partial charge in [-0.2, -0.15) is 0 Å². The molecule has 2 N–H and O–H groups in total. The molecule has 0 saturated carbocycles. The topological polar surface area (TPSA) is 144 Å². The minimum Gasteiger partial charge on any atom is -0.461 e. The van der Waals surface area contributed by atoms with Gasteiger partial charge in [-0.15, -0.1) is 0 Å². The van der Waals surface area contributed by atoms with Crippen LogP contribution in [-0.4, -0.2) is 83.6 Å². The summed E-state index contributed by atoms with van der Waals surface area (Å²) < 4.78 is 16.3. The van der Waals surface area contributed by atoms with Crippen LogP contribution in [0.4, 0.5) is 9.59 Å². The third-order valence-electron chi connectivity index (χ3n) is 8.17. The number of hydrogen-bond donors (Lipinski definition) is 2. The first-order valence-electron chi connectivity index (χ1n) is 17.5. The van der Waals surface area contributed by atoms with Crippen LogP contribution in [0, 0.1) is 5.92 Å². The van der Waals surface area contributed by atoms with Crippen LogP contribution in [0.5, 0.6) is 0 Å². The molecular formula is C38H54N4O8. The Morgan fingerprint density at radius 3 is 2.12 bits per heavy atom. The maximum Gasteiger partial charge on any atom is 0.410 e. The van der Waals surface area contributed by atoms with Crippen molar-refractivity contribution in [3.05, 3.63) is 71.8 Å². The van der Waals surface area contributed by atoms with Gasteiger partial charge in [0.2, 0.25) is 11.8 Å². The van der Waals surface area contributed by atoms with E-state index >= 15 is 0 Å². The number of nitrogens with zero attached hydrogens (tertiary/aromatic N) is 2. The van der Waals surface area contributed by atoms with E-state index in [1.807, 2.05) is 74.5 Å². The normalized spacial score (nSPS) is 15.1. The summed E-state index contributed by atoms with van der Waals surface area (Å²) in [6.07, 6.45) is 1.59. The Hall–Kier alpha value is -4.61. The van der Waals surface area contributed by atoms with Crippen LogP contribution < -0.4 is 10.6 Å². The molecule has 1 unspecified atom stereocenters. The fraction of sp³-hybridized carbons (Fsp3) is 0.553. The summed E-state index contributed by atoms with van der Waals surface area (Å²) in [4.78, 5) is 67.9. The van der Waals surface area contributed by atoms with Crippen molar-refractivity contribution < 1.29 is 38.2 Å². The molecule has 1 heterocycles. The summed E-state index contributed by atoms with van der Waals surface area (Å²) in [5.41, 5.74) is 1.03. The number of piperidine rings is 1. The third-order valence-corrected chi connectivity index (χ3v) is 8.17. The van der Waals surface area contributed by atoms with E-state index in [0.717, 1.165) is 11.1 Å². The van der Waals surface area contributed by atoms with Crippen LogP contribution in [0.3, 0.4) is 0 Å². The molecule has 3 rings (SSSR count). The van der Waals surface area contributed by atoms with E-state index in [9.17, 15) is 24.0 Å². The summed E-state index contributed by atoms with van der Waals surface area (Å²) >= 11 is 0. The summed E-state index contributed by atoms with van der Waals surface area (Å²) in [7, 11) is 0. The minimum absolute atomic E-state index is 0.0365. The van der Waals surface area contributed by atoms with Crippen LogP contribution in [0.25, 0.3) is 0 Å². The molecule has 12 heteroatoms. The summed E-state index contributed by atoms with van der Waals surface area (Å²) in [6, 6.07) is 17.9. The molecular weight excluding hydrogens is 640 g/mol. The quantitative estimate of drug-likeness (QED) is 0.132. The number of hydrogen-bond acceptors (Lipinski definition) is 8. The lowest BCUT2D eigenvalue weighted by molar-refractivity contribution is -0.144. The van der Waals surface area contributed by atoms with Gasteiger partial charge >= 0.3 is 18.2 Å². The maximum absolute atomic E-state index is 13.8. The molecule has 0 aromatic heterocycles. The summed E-state index contributed by atoms with van der Waals surface area (Å²) in [6.45, 7) is 10.6.